The standard InChI is InChI=1S/C13H16BrNO/c14-11-5-1-9(2-6-11)13(15)10-3-7-12(16)8-4-10/h1-2,5-6,10,13H,3-4,7-8,15H2. The van der Waals surface area contributed by atoms with Gasteiger partial charge in [0, 0.05) is 23.4 Å². The van der Waals surface area contributed by atoms with Crippen LogP contribution in [0.5, 0.6) is 0 Å². The molecule has 1 aromatic rings. The van der Waals surface area contributed by atoms with E-state index in [4.69, 9.17) is 5.73 Å². The molecule has 16 heavy (non-hydrogen) atoms. The molecule has 2 rings (SSSR count). The number of nitrogens with two attached hydrogens (primary N) is 1. The second-order valence-corrected chi connectivity index (χ2v) is 5.37. The molecule has 0 aliphatic heterocycles. The summed E-state index contributed by atoms with van der Waals surface area (Å²) in [5, 5.41) is 0. The maximum Gasteiger partial charge on any atom is 0.132 e. The van der Waals surface area contributed by atoms with Gasteiger partial charge in [-0.05, 0) is 36.5 Å². The zero-order chi connectivity index (χ0) is 11.5. The van der Waals surface area contributed by atoms with Crippen molar-refractivity contribution in [3.63, 3.8) is 0 Å². The summed E-state index contributed by atoms with van der Waals surface area (Å²) in [4.78, 5) is 11.2. The quantitative estimate of drug-likeness (QED) is 0.905. The summed E-state index contributed by atoms with van der Waals surface area (Å²) in [7, 11) is 0. The maximum absolute atomic E-state index is 11.2. The third kappa shape index (κ3) is 2.71. The monoisotopic (exact) mass is 281 g/mol. The van der Waals surface area contributed by atoms with Gasteiger partial charge in [0.1, 0.15) is 5.78 Å². The Balaban J connectivity index is 2.04. The third-order valence-electron chi connectivity index (χ3n) is 3.35. The van der Waals surface area contributed by atoms with Crippen LogP contribution in [-0.4, -0.2) is 5.78 Å². The largest absolute Gasteiger partial charge is 0.324 e. The molecule has 2 N–H and O–H groups in total. The van der Waals surface area contributed by atoms with Crippen molar-refractivity contribution in [2.24, 2.45) is 11.7 Å². The minimum Gasteiger partial charge on any atom is -0.324 e. The Labute approximate surface area is 104 Å². The molecule has 0 saturated heterocycles. The van der Waals surface area contributed by atoms with E-state index in [0.29, 0.717) is 24.5 Å². The molecule has 1 aliphatic carbocycles. The molecule has 1 atom stereocenters. The second kappa shape index (κ2) is 5.11. The fourth-order valence-electron chi connectivity index (χ4n) is 2.28. The Morgan fingerprint density at radius 1 is 1.19 bits per heavy atom. The number of rotatable bonds is 2. The lowest BCUT2D eigenvalue weighted by Crippen LogP contribution is -2.26. The molecule has 1 saturated carbocycles. The van der Waals surface area contributed by atoms with Gasteiger partial charge in [-0.25, -0.2) is 0 Å². The number of carbonyl (C=O) groups excluding carboxylic acids is 1. The summed E-state index contributed by atoms with van der Waals surface area (Å²) in [6, 6.07) is 8.23. The lowest BCUT2D eigenvalue weighted by atomic mass is 9.81. The first-order chi connectivity index (χ1) is 7.66. The van der Waals surface area contributed by atoms with Crippen LogP contribution in [0.4, 0.5) is 0 Å². The van der Waals surface area contributed by atoms with Gasteiger partial charge in [0.25, 0.3) is 0 Å². The molecule has 2 nitrogen and oxygen atoms in total. The number of ketones is 1. The minimum absolute atomic E-state index is 0.0706. The van der Waals surface area contributed by atoms with Gasteiger partial charge >= 0.3 is 0 Å². The highest BCUT2D eigenvalue weighted by Crippen LogP contribution is 2.31. The molecule has 1 fully saturated rings. The van der Waals surface area contributed by atoms with Crippen molar-refractivity contribution in [2.45, 2.75) is 31.7 Å². The molecule has 0 heterocycles. The Bertz CT molecular complexity index is 364. The van der Waals surface area contributed by atoms with Gasteiger partial charge in [-0.15, -0.1) is 0 Å². The average Bonchev–Trinajstić information content (AvgIpc) is 2.30. The number of halogens is 1. The van der Waals surface area contributed by atoms with Crippen molar-refractivity contribution >= 4 is 21.7 Å². The molecular formula is C13H16BrNO. The molecule has 0 amide bonds. The van der Waals surface area contributed by atoms with E-state index >= 15 is 0 Å². The Kier molecular flexibility index (Phi) is 3.77. The predicted octanol–water partition coefficient (Wildman–Crippen LogP) is 3.21. The van der Waals surface area contributed by atoms with Gasteiger partial charge in [-0.2, -0.15) is 0 Å². The zero-order valence-corrected chi connectivity index (χ0v) is 10.7. The van der Waals surface area contributed by atoms with Crippen molar-refractivity contribution in [2.75, 3.05) is 0 Å². The van der Waals surface area contributed by atoms with Gasteiger partial charge in [0.2, 0.25) is 0 Å². The highest BCUT2D eigenvalue weighted by molar-refractivity contribution is 9.10. The molecule has 1 aromatic carbocycles. The van der Waals surface area contributed by atoms with Crippen LogP contribution in [0.2, 0.25) is 0 Å². The molecule has 0 aromatic heterocycles. The summed E-state index contributed by atoms with van der Waals surface area (Å²) in [6.45, 7) is 0. The van der Waals surface area contributed by atoms with Gasteiger partial charge in [0.15, 0.2) is 0 Å². The van der Waals surface area contributed by atoms with E-state index in [1.54, 1.807) is 0 Å². The van der Waals surface area contributed by atoms with Crippen LogP contribution in [0.15, 0.2) is 28.7 Å². The summed E-state index contributed by atoms with van der Waals surface area (Å²) in [5.74, 6) is 0.845. The van der Waals surface area contributed by atoms with Crippen LogP contribution < -0.4 is 5.73 Å². The molecular weight excluding hydrogens is 266 g/mol. The zero-order valence-electron chi connectivity index (χ0n) is 9.16. The fraction of sp³-hybridized carbons (Fsp3) is 0.462. The number of hydrogen-bond acceptors (Lipinski definition) is 2. The topological polar surface area (TPSA) is 43.1 Å². The third-order valence-corrected chi connectivity index (χ3v) is 3.88. The normalized spacial score (nSPS) is 19.8. The van der Waals surface area contributed by atoms with Crippen LogP contribution in [0, 0.1) is 5.92 Å². The van der Waals surface area contributed by atoms with E-state index in [1.165, 1.54) is 5.56 Å². The van der Waals surface area contributed by atoms with Gasteiger partial charge in [0.05, 0.1) is 0 Å². The van der Waals surface area contributed by atoms with Crippen molar-refractivity contribution < 1.29 is 4.79 Å². The molecule has 1 aliphatic rings. The molecule has 1 unspecified atom stereocenters. The smallest absolute Gasteiger partial charge is 0.132 e. The molecule has 0 bridgehead atoms. The van der Waals surface area contributed by atoms with E-state index in [9.17, 15) is 4.79 Å². The highest BCUT2D eigenvalue weighted by atomic mass is 79.9. The SMILES string of the molecule is NC(c1ccc(Br)cc1)C1CCC(=O)CC1. The number of benzene rings is 1. The summed E-state index contributed by atoms with van der Waals surface area (Å²) >= 11 is 3.41. The van der Waals surface area contributed by atoms with E-state index in [0.717, 1.165) is 17.3 Å². The lowest BCUT2D eigenvalue weighted by molar-refractivity contribution is -0.121. The number of carbonyl (C=O) groups is 1. The Morgan fingerprint density at radius 2 is 1.75 bits per heavy atom. The van der Waals surface area contributed by atoms with Crippen molar-refractivity contribution in [3.8, 4) is 0 Å². The van der Waals surface area contributed by atoms with E-state index in [-0.39, 0.29) is 6.04 Å². The van der Waals surface area contributed by atoms with E-state index in [2.05, 4.69) is 28.1 Å². The molecule has 3 heteroatoms. The minimum atomic E-state index is 0.0706. The lowest BCUT2D eigenvalue weighted by Gasteiger charge is -2.27. The average molecular weight is 282 g/mol. The van der Waals surface area contributed by atoms with Crippen LogP contribution in [0.25, 0.3) is 0 Å². The Hall–Kier alpha value is -0.670. The van der Waals surface area contributed by atoms with Crippen molar-refractivity contribution in [1.29, 1.82) is 0 Å². The van der Waals surface area contributed by atoms with Crippen LogP contribution in [-0.2, 0) is 4.79 Å². The molecule has 0 radical (unpaired) electrons. The summed E-state index contributed by atoms with van der Waals surface area (Å²) < 4.78 is 1.07. The molecule has 0 spiro atoms. The first kappa shape index (κ1) is 11.8. The Morgan fingerprint density at radius 3 is 2.31 bits per heavy atom. The van der Waals surface area contributed by atoms with Crippen molar-refractivity contribution in [1.82, 2.24) is 0 Å². The predicted molar refractivity (Wildman–Crippen MR) is 68.0 cm³/mol. The van der Waals surface area contributed by atoms with Gasteiger partial charge < -0.3 is 5.73 Å². The first-order valence-corrected chi connectivity index (χ1v) is 6.49. The summed E-state index contributed by atoms with van der Waals surface area (Å²) in [5.41, 5.74) is 7.41. The van der Waals surface area contributed by atoms with Crippen LogP contribution >= 0.6 is 15.9 Å². The van der Waals surface area contributed by atoms with Crippen LogP contribution in [0.1, 0.15) is 37.3 Å². The van der Waals surface area contributed by atoms with Gasteiger partial charge in [-0.3, -0.25) is 4.79 Å². The molecule has 86 valence electrons. The first-order valence-electron chi connectivity index (χ1n) is 5.69. The number of hydrogen-bond donors (Lipinski definition) is 1. The highest BCUT2D eigenvalue weighted by Gasteiger charge is 2.24. The number of Topliss-reactive ketones (excluding diaryl/α,β-unsaturated/α-hetero) is 1. The van der Waals surface area contributed by atoms with Gasteiger partial charge in [-0.1, -0.05) is 28.1 Å². The second-order valence-electron chi connectivity index (χ2n) is 4.45. The fourth-order valence-corrected chi connectivity index (χ4v) is 2.54. The van der Waals surface area contributed by atoms with E-state index in [1.807, 2.05) is 12.1 Å². The van der Waals surface area contributed by atoms with E-state index < -0.39 is 0 Å². The van der Waals surface area contributed by atoms with Crippen molar-refractivity contribution in [3.05, 3.63) is 34.3 Å². The summed E-state index contributed by atoms with van der Waals surface area (Å²) in [6.07, 6.45) is 3.29. The van der Waals surface area contributed by atoms with Crippen LogP contribution in [0.3, 0.4) is 0 Å². The maximum atomic E-state index is 11.2.